The summed E-state index contributed by atoms with van der Waals surface area (Å²) < 4.78 is 10.5. The summed E-state index contributed by atoms with van der Waals surface area (Å²) in [7, 11) is 3.11. The molecule has 0 aliphatic heterocycles. The average molecular weight is 411 g/mol. The summed E-state index contributed by atoms with van der Waals surface area (Å²) in [6.45, 7) is 0.269. The van der Waals surface area contributed by atoms with E-state index in [2.05, 4.69) is 16.0 Å². The van der Waals surface area contributed by atoms with E-state index in [0.717, 1.165) is 18.4 Å². The highest BCUT2D eigenvalue weighted by Crippen LogP contribution is 2.27. The van der Waals surface area contributed by atoms with Crippen LogP contribution in [0.4, 0.5) is 5.69 Å². The van der Waals surface area contributed by atoms with Crippen molar-refractivity contribution in [1.29, 1.82) is 0 Å². The van der Waals surface area contributed by atoms with Crippen LogP contribution in [-0.4, -0.2) is 44.5 Å². The molecular formula is C22H25N3O5. The summed E-state index contributed by atoms with van der Waals surface area (Å²) in [6.07, 6.45) is 2.44. The number of hydrogen-bond acceptors (Lipinski definition) is 5. The number of carbonyl (C=O) groups is 3. The number of benzene rings is 2. The van der Waals surface area contributed by atoms with Gasteiger partial charge < -0.3 is 25.4 Å². The Balaban J connectivity index is 1.53. The number of carbonyl (C=O) groups excluding carboxylic acids is 3. The van der Waals surface area contributed by atoms with E-state index in [0.29, 0.717) is 29.2 Å². The summed E-state index contributed by atoms with van der Waals surface area (Å²) >= 11 is 0. The Kier molecular flexibility index (Phi) is 6.90. The molecular weight excluding hydrogens is 386 g/mol. The molecule has 0 heterocycles. The molecule has 30 heavy (non-hydrogen) atoms. The first-order chi connectivity index (χ1) is 14.5. The summed E-state index contributed by atoms with van der Waals surface area (Å²) in [4.78, 5) is 36.7. The predicted octanol–water partition coefficient (Wildman–Crippen LogP) is 1.89. The van der Waals surface area contributed by atoms with E-state index in [9.17, 15) is 14.4 Å². The zero-order chi connectivity index (χ0) is 21.5. The maximum atomic E-state index is 12.3. The van der Waals surface area contributed by atoms with Gasteiger partial charge in [0.15, 0.2) is 11.5 Å². The van der Waals surface area contributed by atoms with Crippen molar-refractivity contribution in [2.75, 3.05) is 26.1 Å². The zero-order valence-corrected chi connectivity index (χ0v) is 17.0. The number of methoxy groups -OCH3 is 2. The van der Waals surface area contributed by atoms with Crippen LogP contribution >= 0.6 is 0 Å². The maximum Gasteiger partial charge on any atom is 0.313 e. The lowest BCUT2D eigenvalue weighted by molar-refractivity contribution is -0.136. The Labute approximate surface area is 174 Å². The van der Waals surface area contributed by atoms with Gasteiger partial charge in [-0.25, -0.2) is 0 Å². The van der Waals surface area contributed by atoms with Crippen LogP contribution in [-0.2, 0) is 16.0 Å². The fourth-order valence-electron chi connectivity index (χ4n) is 2.90. The second-order valence-electron chi connectivity index (χ2n) is 6.94. The number of hydrogen-bond donors (Lipinski definition) is 3. The molecule has 1 saturated carbocycles. The van der Waals surface area contributed by atoms with Crippen LogP contribution in [0.3, 0.4) is 0 Å². The van der Waals surface area contributed by atoms with Gasteiger partial charge in [-0.3, -0.25) is 14.4 Å². The van der Waals surface area contributed by atoms with E-state index in [4.69, 9.17) is 9.47 Å². The average Bonchev–Trinajstić information content (AvgIpc) is 3.57. The minimum absolute atomic E-state index is 0.195. The molecule has 158 valence electrons. The molecule has 0 spiro atoms. The number of anilines is 1. The van der Waals surface area contributed by atoms with Gasteiger partial charge in [0.05, 0.1) is 25.5 Å². The molecule has 0 saturated heterocycles. The number of ether oxygens (including phenoxy) is 2. The molecule has 2 aromatic carbocycles. The molecule has 0 aromatic heterocycles. The van der Waals surface area contributed by atoms with Crippen LogP contribution < -0.4 is 25.4 Å². The van der Waals surface area contributed by atoms with Gasteiger partial charge in [0, 0.05) is 12.6 Å². The van der Waals surface area contributed by atoms with Crippen LogP contribution in [0.25, 0.3) is 0 Å². The van der Waals surface area contributed by atoms with E-state index in [-0.39, 0.29) is 18.5 Å². The predicted molar refractivity (Wildman–Crippen MR) is 112 cm³/mol. The molecule has 3 N–H and O–H groups in total. The van der Waals surface area contributed by atoms with Crippen molar-refractivity contribution < 1.29 is 23.9 Å². The first-order valence-electron chi connectivity index (χ1n) is 9.71. The fraction of sp³-hybridized carbons (Fsp3) is 0.318. The third-order valence-corrected chi connectivity index (χ3v) is 4.69. The van der Waals surface area contributed by atoms with Crippen molar-refractivity contribution in [3.8, 4) is 11.5 Å². The van der Waals surface area contributed by atoms with Gasteiger partial charge in [-0.05, 0) is 49.1 Å². The van der Waals surface area contributed by atoms with Gasteiger partial charge in [-0.1, -0.05) is 18.2 Å². The van der Waals surface area contributed by atoms with Crippen molar-refractivity contribution in [3.63, 3.8) is 0 Å². The smallest absolute Gasteiger partial charge is 0.313 e. The molecule has 1 aliphatic rings. The van der Waals surface area contributed by atoms with Crippen LogP contribution in [0.1, 0.15) is 28.8 Å². The quantitative estimate of drug-likeness (QED) is 0.576. The number of rotatable bonds is 8. The van der Waals surface area contributed by atoms with E-state index in [1.165, 1.54) is 0 Å². The molecule has 0 atom stereocenters. The molecule has 3 amide bonds. The molecule has 0 bridgehead atoms. The monoisotopic (exact) mass is 411 g/mol. The Hall–Kier alpha value is -3.55. The van der Waals surface area contributed by atoms with Crippen molar-refractivity contribution in [3.05, 3.63) is 53.6 Å². The molecule has 0 unspecified atom stereocenters. The molecule has 8 nitrogen and oxygen atoms in total. The Bertz CT molecular complexity index is 940. The Morgan fingerprint density at radius 1 is 0.967 bits per heavy atom. The largest absolute Gasteiger partial charge is 0.493 e. The van der Waals surface area contributed by atoms with E-state index in [1.54, 1.807) is 44.6 Å². The Morgan fingerprint density at radius 3 is 2.40 bits per heavy atom. The molecule has 0 radical (unpaired) electrons. The zero-order valence-electron chi connectivity index (χ0n) is 17.0. The highest BCUT2D eigenvalue weighted by atomic mass is 16.5. The van der Waals surface area contributed by atoms with Crippen LogP contribution in [0.5, 0.6) is 11.5 Å². The summed E-state index contributed by atoms with van der Waals surface area (Å²) in [5, 5.41) is 7.98. The number of amides is 3. The highest BCUT2D eigenvalue weighted by molar-refractivity contribution is 6.40. The number of para-hydroxylation sites is 1. The van der Waals surface area contributed by atoms with E-state index >= 15 is 0 Å². The maximum absolute atomic E-state index is 12.3. The van der Waals surface area contributed by atoms with E-state index in [1.807, 2.05) is 12.1 Å². The summed E-state index contributed by atoms with van der Waals surface area (Å²) in [5.74, 6) is -0.640. The highest BCUT2D eigenvalue weighted by Gasteiger charge is 2.25. The van der Waals surface area contributed by atoms with Crippen molar-refractivity contribution in [2.24, 2.45) is 0 Å². The lowest BCUT2D eigenvalue weighted by Crippen LogP contribution is -2.37. The lowest BCUT2D eigenvalue weighted by atomic mass is 10.1. The van der Waals surface area contributed by atoms with Crippen LogP contribution in [0.2, 0.25) is 0 Å². The lowest BCUT2D eigenvalue weighted by Gasteiger charge is -2.12. The minimum Gasteiger partial charge on any atom is -0.493 e. The van der Waals surface area contributed by atoms with Gasteiger partial charge in [0.1, 0.15) is 0 Å². The van der Waals surface area contributed by atoms with Crippen molar-refractivity contribution >= 4 is 23.4 Å². The van der Waals surface area contributed by atoms with Gasteiger partial charge in [0.25, 0.3) is 5.91 Å². The molecule has 8 heteroatoms. The Morgan fingerprint density at radius 2 is 1.70 bits per heavy atom. The molecule has 1 fully saturated rings. The van der Waals surface area contributed by atoms with Crippen LogP contribution in [0.15, 0.2) is 42.5 Å². The third kappa shape index (κ3) is 5.50. The third-order valence-electron chi connectivity index (χ3n) is 4.69. The van der Waals surface area contributed by atoms with Gasteiger partial charge in [-0.2, -0.15) is 0 Å². The van der Waals surface area contributed by atoms with E-state index < -0.39 is 11.8 Å². The molecule has 2 aromatic rings. The van der Waals surface area contributed by atoms with Gasteiger partial charge in [0.2, 0.25) is 0 Å². The minimum atomic E-state index is -0.825. The topological polar surface area (TPSA) is 106 Å². The summed E-state index contributed by atoms with van der Waals surface area (Å²) in [5.41, 5.74) is 1.56. The first-order valence-corrected chi connectivity index (χ1v) is 9.71. The SMILES string of the molecule is COc1ccc(CCNC(=O)C(=O)Nc2ccccc2C(=O)NC2CC2)cc1OC. The normalized spacial score (nSPS) is 12.6. The van der Waals surface area contributed by atoms with Crippen molar-refractivity contribution in [1.82, 2.24) is 10.6 Å². The second-order valence-corrected chi connectivity index (χ2v) is 6.94. The summed E-state index contributed by atoms with van der Waals surface area (Å²) in [6, 6.07) is 12.3. The van der Waals surface area contributed by atoms with Crippen molar-refractivity contribution in [2.45, 2.75) is 25.3 Å². The fourth-order valence-corrected chi connectivity index (χ4v) is 2.90. The van der Waals surface area contributed by atoms with Crippen LogP contribution in [0, 0.1) is 0 Å². The number of nitrogens with one attached hydrogen (secondary N) is 3. The first kappa shape index (κ1) is 21.2. The van der Waals surface area contributed by atoms with Gasteiger partial charge >= 0.3 is 11.8 Å². The molecule has 1 aliphatic carbocycles. The van der Waals surface area contributed by atoms with Gasteiger partial charge in [-0.15, -0.1) is 0 Å². The standard InChI is InChI=1S/C22H25N3O5/c1-29-18-10-7-14(13-19(18)30-2)11-12-23-21(27)22(28)25-17-6-4-3-5-16(17)20(26)24-15-8-9-15/h3-7,10,13,15H,8-9,11-12H2,1-2H3,(H,23,27)(H,24,26)(H,25,28). The molecule has 3 rings (SSSR count). The second kappa shape index (κ2) is 9.78.